The van der Waals surface area contributed by atoms with E-state index in [0.717, 1.165) is 18.5 Å². The van der Waals surface area contributed by atoms with Gasteiger partial charge in [0.25, 0.3) is 0 Å². The van der Waals surface area contributed by atoms with E-state index in [0.29, 0.717) is 0 Å². The highest BCUT2D eigenvalue weighted by Gasteiger charge is 2.33. The van der Waals surface area contributed by atoms with Crippen molar-refractivity contribution in [2.75, 3.05) is 0 Å². The fourth-order valence-corrected chi connectivity index (χ4v) is 6.20. The Hall–Kier alpha value is -0.386. The van der Waals surface area contributed by atoms with Gasteiger partial charge in [-0.15, -0.1) is 0 Å². The zero-order valence-corrected chi connectivity index (χ0v) is 11.8. The van der Waals surface area contributed by atoms with E-state index in [1.807, 2.05) is 0 Å². The fraction of sp³-hybridized carbons (Fsp3) is 0.500. The maximum absolute atomic E-state index is 5.71. The van der Waals surface area contributed by atoms with Gasteiger partial charge in [0.15, 0.2) is 0 Å². The fourth-order valence-electron chi connectivity index (χ4n) is 2.10. The molecular formula is C12H19OSi2. The van der Waals surface area contributed by atoms with Gasteiger partial charge in [0.05, 0.1) is 0 Å². The van der Waals surface area contributed by atoms with Crippen molar-refractivity contribution < 1.29 is 4.12 Å². The molecule has 0 amide bonds. The molecule has 1 aromatic rings. The lowest BCUT2D eigenvalue weighted by molar-refractivity contribution is 0.606. The number of hydrogen-bond donors (Lipinski definition) is 0. The van der Waals surface area contributed by atoms with E-state index in [9.17, 15) is 0 Å². The van der Waals surface area contributed by atoms with Crippen LogP contribution in [0.4, 0.5) is 0 Å². The lowest BCUT2D eigenvalue weighted by atomic mass is 10.2. The standard InChI is InChI=1S/C12H19OSi2/c1-4-11-9-7-8-10-12(11)15(5-2,6-3)13-14/h7-10H,4-6H2,1-3H3. The van der Waals surface area contributed by atoms with Gasteiger partial charge in [0.2, 0.25) is 18.8 Å². The second kappa shape index (κ2) is 5.63. The Kier molecular flexibility index (Phi) is 4.76. The molecular weight excluding hydrogens is 216 g/mol. The molecule has 0 bridgehead atoms. The van der Waals surface area contributed by atoms with Crippen LogP contribution in [0.2, 0.25) is 12.1 Å². The molecule has 0 aliphatic carbocycles. The number of benzene rings is 1. The van der Waals surface area contributed by atoms with Gasteiger partial charge in [-0.3, -0.25) is 0 Å². The van der Waals surface area contributed by atoms with Crippen LogP contribution < -0.4 is 5.19 Å². The topological polar surface area (TPSA) is 9.23 Å². The first-order chi connectivity index (χ1) is 7.24. The lowest BCUT2D eigenvalue weighted by Gasteiger charge is -2.30. The molecule has 0 aliphatic rings. The van der Waals surface area contributed by atoms with Crippen molar-refractivity contribution in [3.05, 3.63) is 29.8 Å². The molecule has 0 aliphatic heterocycles. The van der Waals surface area contributed by atoms with E-state index in [-0.39, 0.29) is 0 Å². The smallest absolute Gasteiger partial charge is 0.230 e. The van der Waals surface area contributed by atoms with Crippen LogP contribution >= 0.6 is 0 Å². The molecule has 81 valence electrons. The second-order valence-electron chi connectivity index (χ2n) is 3.81. The minimum Gasteiger partial charge on any atom is -0.453 e. The molecule has 1 rings (SSSR count). The van der Waals surface area contributed by atoms with E-state index in [2.05, 4.69) is 55.5 Å². The Labute approximate surface area is 97.5 Å². The number of rotatable bonds is 5. The van der Waals surface area contributed by atoms with Gasteiger partial charge in [-0.25, -0.2) is 0 Å². The first kappa shape index (κ1) is 12.7. The maximum Gasteiger partial charge on any atom is 0.230 e. The zero-order chi connectivity index (χ0) is 11.3. The van der Waals surface area contributed by atoms with E-state index in [1.165, 1.54) is 10.8 Å². The summed E-state index contributed by atoms with van der Waals surface area (Å²) < 4.78 is 5.71. The molecule has 1 nitrogen and oxygen atoms in total. The normalized spacial score (nSPS) is 11.7. The van der Waals surface area contributed by atoms with Crippen molar-refractivity contribution in [2.24, 2.45) is 0 Å². The summed E-state index contributed by atoms with van der Waals surface area (Å²) >= 11 is 0. The third kappa shape index (κ3) is 2.41. The van der Waals surface area contributed by atoms with Crippen LogP contribution in [-0.2, 0) is 10.5 Å². The van der Waals surface area contributed by atoms with E-state index >= 15 is 0 Å². The minimum absolute atomic E-state index is 1.08. The lowest BCUT2D eigenvalue weighted by Crippen LogP contribution is -2.50. The summed E-state index contributed by atoms with van der Waals surface area (Å²) in [5.41, 5.74) is 1.44. The average Bonchev–Trinajstić information content (AvgIpc) is 2.33. The first-order valence-electron chi connectivity index (χ1n) is 5.67. The average molecular weight is 235 g/mol. The van der Waals surface area contributed by atoms with E-state index < -0.39 is 8.32 Å². The van der Waals surface area contributed by atoms with Crippen molar-refractivity contribution >= 4 is 24.0 Å². The molecule has 3 radical (unpaired) electrons. The molecule has 0 heterocycles. The molecule has 15 heavy (non-hydrogen) atoms. The van der Waals surface area contributed by atoms with Crippen LogP contribution in [0.25, 0.3) is 0 Å². The Morgan fingerprint density at radius 2 is 1.73 bits per heavy atom. The molecule has 0 atom stereocenters. The Balaban J connectivity index is 3.21. The Morgan fingerprint density at radius 3 is 2.20 bits per heavy atom. The Bertz CT molecular complexity index is 300. The molecule has 0 fully saturated rings. The van der Waals surface area contributed by atoms with E-state index in [1.54, 1.807) is 0 Å². The van der Waals surface area contributed by atoms with Crippen molar-refractivity contribution in [1.82, 2.24) is 0 Å². The van der Waals surface area contributed by atoms with Crippen molar-refractivity contribution in [1.29, 1.82) is 0 Å². The second-order valence-corrected chi connectivity index (χ2v) is 8.57. The third-order valence-electron chi connectivity index (χ3n) is 3.23. The van der Waals surface area contributed by atoms with Gasteiger partial charge in [-0.05, 0) is 29.3 Å². The Morgan fingerprint density at radius 1 is 1.13 bits per heavy atom. The predicted molar refractivity (Wildman–Crippen MR) is 69.0 cm³/mol. The molecule has 0 aromatic heterocycles. The highest BCUT2D eigenvalue weighted by Crippen LogP contribution is 2.18. The molecule has 0 N–H and O–H groups in total. The first-order valence-corrected chi connectivity index (χ1v) is 8.40. The van der Waals surface area contributed by atoms with Gasteiger partial charge in [0, 0.05) is 0 Å². The summed E-state index contributed by atoms with van der Waals surface area (Å²) in [5.74, 6) is 0. The van der Waals surface area contributed by atoms with Crippen LogP contribution in [0.5, 0.6) is 0 Å². The molecule has 0 saturated heterocycles. The molecule has 0 unspecified atom stereocenters. The summed E-state index contributed by atoms with van der Waals surface area (Å²) in [6.07, 6.45) is 1.08. The monoisotopic (exact) mass is 235 g/mol. The van der Waals surface area contributed by atoms with Crippen molar-refractivity contribution in [2.45, 2.75) is 39.3 Å². The number of hydrogen-bond acceptors (Lipinski definition) is 1. The molecule has 1 aromatic carbocycles. The van der Waals surface area contributed by atoms with Gasteiger partial charge < -0.3 is 4.12 Å². The SMILES string of the molecule is CCc1ccccc1[Si](CC)(CC)O[Si]. The van der Waals surface area contributed by atoms with Gasteiger partial charge in [-0.1, -0.05) is 45.0 Å². The van der Waals surface area contributed by atoms with Crippen LogP contribution in [0.3, 0.4) is 0 Å². The van der Waals surface area contributed by atoms with Gasteiger partial charge in [-0.2, -0.15) is 0 Å². The highest BCUT2D eigenvalue weighted by molar-refractivity contribution is 6.88. The maximum atomic E-state index is 5.71. The molecule has 0 saturated carbocycles. The largest absolute Gasteiger partial charge is 0.453 e. The summed E-state index contributed by atoms with van der Waals surface area (Å²) in [6, 6.07) is 10.9. The van der Waals surface area contributed by atoms with Crippen LogP contribution in [0, 0.1) is 0 Å². The third-order valence-corrected chi connectivity index (χ3v) is 8.54. The molecule has 3 heteroatoms. The predicted octanol–water partition coefficient (Wildman–Crippen LogP) is 2.54. The number of aryl methyl sites for hydroxylation is 1. The van der Waals surface area contributed by atoms with Crippen LogP contribution in [0.1, 0.15) is 26.3 Å². The summed E-state index contributed by atoms with van der Waals surface area (Å²) in [6.45, 7) is 6.65. The molecule has 0 spiro atoms. The van der Waals surface area contributed by atoms with E-state index in [4.69, 9.17) is 4.12 Å². The summed E-state index contributed by atoms with van der Waals surface area (Å²) in [7, 11) is 1.56. The van der Waals surface area contributed by atoms with Gasteiger partial charge in [0.1, 0.15) is 0 Å². The van der Waals surface area contributed by atoms with Crippen molar-refractivity contribution in [3.63, 3.8) is 0 Å². The van der Waals surface area contributed by atoms with Crippen LogP contribution in [0.15, 0.2) is 24.3 Å². The minimum atomic E-state index is -1.75. The van der Waals surface area contributed by atoms with Crippen molar-refractivity contribution in [3.8, 4) is 0 Å². The van der Waals surface area contributed by atoms with Gasteiger partial charge >= 0.3 is 0 Å². The quantitative estimate of drug-likeness (QED) is 0.713. The zero-order valence-electron chi connectivity index (χ0n) is 9.84. The summed E-state index contributed by atoms with van der Waals surface area (Å²) in [4.78, 5) is 0. The summed E-state index contributed by atoms with van der Waals surface area (Å²) in [5, 5.41) is 1.45. The van der Waals surface area contributed by atoms with Crippen LogP contribution in [-0.4, -0.2) is 18.8 Å². The highest BCUT2D eigenvalue weighted by atomic mass is 28.4.